The molecule has 0 bridgehead atoms. The zero-order chi connectivity index (χ0) is 14.9. The van der Waals surface area contributed by atoms with Crippen LogP contribution in [-0.4, -0.2) is 29.4 Å². The van der Waals surface area contributed by atoms with Crippen LogP contribution in [0.5, 0.6) is 0 Å². The van der Waals surface area contributed by atoms with Gasteiger partial charge in [0.25, 0.3) is 0 Å². The maximum atomic E-state index is 12.0. The number of carboxylic acids is 1. The molecule has 1 fully saturated rings. The van der Waals surface area contributed by atoms with Gasteiger partial charge in [0.05, 0.1) is 17.3 Å². The Hall–Kier alpha value is -2.37. The minimum Gasteiger partial charge on any atom is -0.481 e. The molecule has 1 unspecified atom stereocenters. The van der Waals surface area contributed by atoms with Crippen molar-refractivity contribution in [2.75, 3.05) is 16.8 Å². The molecule has 0 spiro atoms. The first-order chi connectivity index (χ1) is 9.38. The summed E-state index contributed by atoms with van der Waals surface area (Å²) in [5.41, 5.74) is 2.00. The molecular weight excluding hydrogens is 260 g/mol. The van der Waals surface area contributed by atoms with Gasteiger partial charge in [-0.25, -0.2) is 0 Å². The minimum absolute atomic E-state index is 0.0111. The maximum absolute atomic E-state index is 12.0. The van der Waals surface area contributed by atoms with Crippen molar-refractivity contribution in [3.63, 3.8) is 0 Å². The van der Waals surface area contributed by atoms with Gasteiger partial charge in [0, 0.05) is 19.9 Å². The fourth-order valence-corrected chi connectivity index (χ4v) is 2.27. The third-order valence-electron chi connectivity index (χ3n) is 3.23. The second-order valence-electron chi connectivity index (χ2n) is 4.95. The van der Waals surface area contributed by atoms with Gasteiger partial charge in [0.15, 0.2) is 0 Å². The Kier molecular flexibility index (Phi) is 3.74. The molecule has 2 amide bonds. The van der Waals surface area contributed by atoms with Crippen molar-refractivity contribution in [3.8, 4) is 0 Å². The topological polar surface area (TPSA) is 86.7 Å². The van der Waals surface area contributed by atoms with Gasteiger partial charge in [-0.3, -0.25) is 14.4 Å². The van der Waals surface area contributed by atoms with Gasteiger partial charge < -0.3 is 15.3 Å². The van der Waals surface area contributed by atoms with Crippen molar-refractivity contribution in [1.82, 2.24) is 0 Å². The predicted molar refractivity (Wildman–Crippen MR) is 73.6 cm³/mol. The van der Waals surface area contributed by atoms with Gasteiger partial charge in [-0.2, -0.15) is 0 Å². The number of benzene rings is 1. The summed E-state index contributed by atoms with van der Waals surface area (Å²) in [4.78, 5) is 35.6. The Balaban J connectivity index is 2.36. The number of aliphatic carboxylic acids is 1. The molecule has 6 heteroatoms. The third-order valence-corrected chi connectivity index (χ3v) is 3.23. The average molecular weight is 276 g/mol. The van der Waals surface area contributed by atoms with Crippen LogP contribution in [0.4, 0.5) is 11.4 Å². The maximum Gasteiger partial charge on any atom is 0.308 e. The fourth-order valence-electron chi connectivity index (χ4n) is 2.27. The molecule has 1 heterocycles. The summed E-state index contributed by atoms with van der Waals surface area (Å²) in [6.07, 6.45) is -0.0111. The van der Waals surface area contributed by atoms with E-state index in [0.29, 0.717) is 11.4 Å². The first-order valence-corrected chi connectivity index (χ1v) is 6.30. The molecule has 2 N–H and O–H groups in total. The lowest BCUT2D eigenvalue weighted by Gasteiger charge is -2.20. The molecule has 20 heavy (non-hydrogen) atoms. The number of carboxylic acid groups (broad SMARTS) is 1. The molecule has 1 aromatic carbocycles. The molecule has 1 aliphatic heterocycles. The zero-order valence-corrected chi connectivity index (χ0v) is 11.3. The molecule has 2 rings (SSSR count). The number of rotatable bonds is 3. The smallest absolute Gasteiger partial charge is 0.308 e. The third kappa shape index (κ3) is 2.79. The summed E-state index contributed by atoms with van der Waals surface area (Å²) in [5.74, 6) is -2.16. The SMILES string of the molecule is CC(=O)Nc1ccc(C)cc1N1CC(C(=O)O)CC1=O. The second-order valence-corrected chi connectivity index (χ2v) is 4.95. The normalized spacial score (nSPS) is 18.2. The lowest BCUT2D eigenvalue weighted by Crippen LogP contribution is -2.27. The van der Waals surface area contributed by atoms with Crippen LogP contribution in [0, 0.1) is 12.8 Å². The predicted octanol–water partition coefficient (Wildman–Crippen LogP) is 1.39. The molecule has 1 aromatic rings. The van der Waals surface area contributed by atoms with E-state index in [1.165, 1.54) is 11.8 Å². The highest BCUT2D eigenvalue weighted by Crippen LogP contribution is 2.32. The van der Waals surface area contributed by atoms with Crippen LogP contribution in [-0.2, 0) is 14.4 Å². The van der Waals surface area contributed by atoms with E-state index in [1.54, 1.807) is 12.1 Å². The second kappa shape index (κ2) is 5.32. The van der Waals surface area contributed by atoms with Crippen LogP contribution in [0.2, 0.25) is 0 Å². The van der Waals surface area contributed by atoms with Crippen LogP contribution < -0.4 is 10.2 Å². The fraction of sp³-hybridized carbons (Fsp3) is 0.357. The highest BCUT2D eigenvalue weighted by Gasteiger charge is 2.36. The molecule has 1 atom stereocenters. The Labute approximate surface area is 116 Å². The molecule has 106 valence electrons. The summed E-state index contributed by atoms with van der Waals surface area (Å²) in [7, 11) is 0. The zero-order valence-electron chi connectivity index (χ0n) is 11.3. The van der Waals surface area contributed by atoms with Crippen molar-refractivity contribution in [2.24, 2.45) is 5.92 Å². The van der Waals surface area contributed by atoms with E-state index >= 15 is 0 Å². The molecule has 0 aliphatic carbocycles. The molecule has 1 aliphatic rings. The monoisotopic (exact) mass is 276 g/mol. The standard InChI is InChI=1S/C14H16N2O4/c1-8-3-4-11(15-9(2)17)12(5-8)16-7-10(14(19)20)6-13(16)18/h3-5,10H,6-7H2,1-2H3,(H,15,17)(H,19,20). The van der Waals surface area contributed by atoms with E-state index < -0.39 is 11.9 Å². The average Bonchev–Trinajstić information content (AvgIpc) is 2.73. The summed E-state index contributed by atoms with van der Waals surface area (Å²) in [6.45, 7) is 3.38. The minimum atomic E-state index is -0.977. The van der Waals surface area contributed by atoms with Crippen LogP contribution >= 0.6 is 0 Å². The van der Waals surface area contributed by atoms with E-state index in [1.807, 2.05) is 13.0 Å². The molecule has 0 aromatic heterocycles. The van der Waals surface area contributed by atoms with Crippen LogP contribution in [0.25, 0.3) is 0 Å². The summed E-state index contributed by atoms with van der Waals surface area (Å²) in [6, 6.07) is 5.31. The van der Waals surface area contributed by atoms with E-state index in [0.717, 1.165) is 5.56 Å². The lowest BCUT2D eigenvalue weighted by molar-refractivity contribution is -0.141. The molecular formula is C14H16N2O4. The molecule has 0 radical (unpaired) electrons. The Morgan fingerprint density at radius 1 is 1.40 bits per heavy atom. The number of nitrogens with one attached hydrogen (secondary N) is 1. The summed E-state index contributed by atoms with van der Waals surface area (Å²) < 4.78 is 0. The van der Waals surface area contributed by atoms with E-state index in [4.69, 9.17) is 5.11 Å². The van der Waals surface area contributed by atoms with E-state index in [2.05, 4.69) is 5.32 Å². The van der Waals surface area contributed by atoms with Crippen molar-refractivity contribution in [2.45, 2.75) is 20.3 Å². The van der Waals surface area contributed by atoms with Gasteiger partial charge in [-0.1, -0.05) is 6.07 Å². The number of amides is 2. The first kappa shape index (κ1) is 14.0. The van der Waals surface area contributed by atoms with Crippen LogP contribution in [0.1, 0.15) is 18.9 Å². The van der Waals surface area contributed by atoms with Gasteiger partial charge >= 0.3 is 5.97 Å². The van der Waals surface area contributed by atoms with Crippen LogP contribution in [0.15, 0.2) is 18.2 Å². The Morgan fingerprint density at radius 3 is 2.65 bits per heavy atom. The number of carbonyl (C=O) groups is 3. The number of hydrogen-bond acceptors (Lipinski definition) is 3. The summed E-state index contributed by atoms with van der Waals surface area (Å²) in [5, 5.41) is 11.7. The quantitative estimate of drug-likeness (QED) is 0.873. The van der Waals surface area contributed by atoms with Gasteiger partial charge in [0.1, 0.15) is 0 Å². The van der Waals surface area contributed by atoms with Gasteiger partial charge in [0.2, 0.25) is 11.8 Å². The Morgan fingerprint density at radius 2 is 2.10 bits per heavy atom. The van der Waals surface area contributed by atoms with E-state index in [-0.39, 0.29) is 24.8 Å². The number of aryl methyl sites for hydroxylation is 1. The highest BCUT2D eigenvalue weighted by molar-refractivity contribution is 6.03. The molecule has 6 nitrogen and oxygen atoms in total. The van der Waals surface area contributed by atoms with Crippen molar-refractivity contribution in [1.29, 1.82) is 0 Å². The first-order valence-electron chi connectivity index (χ1n) is 6.30. The van der Waals surface area contributed by atoms with Crippen molar-refractivity contribution in [3.05, 3.63) is 23.8 Å². The number of hydrogen-bond donors (Lipinski definition) is 2. The largest absolute Gasteiger partial charge is 0.481 e. The molecule has 1 saturated heterocycles. The number of nitrogens with zero attached hydrogens (tertiary/aromatic N) is 1. The summed E-state index contributed by atoms with van der Waals surface area (Å²) >= 11 is 0. The Bertz CT molecular complexity index is 583. The van der Waals surface area contributed by atoms with Gasteiger partial charge in [-0.05, 0) is 24.6 Å². The highest BCUT2D eigenvalue weighted by atomic mass is 16.4. The van der Waals surface area contributed by atoms with Crippen LogP contribution in [0.3, 0.4) is 0 Å². The number of carbonyl (C=O) groups excluding carboxylic acids is 2. The number of anilines is 2. The van der Waals surface area contributed by atoms with Gasteiger partial charge in [-0.15, -0.1) is 0 Å². The molecule has 0 saturated carbocycles. The lowest BCUT2D eigenvalue weighted by atomic mass is 10.1. The van der Waals surface area contributed by atoms with E-state index in [9.17, 15) is 14.4 Å². The van der Waals surface area contributed by atoms with Crippen molar-refractivity contribution >= 4 is 29.2 Å². The van der Waals surface area contributed by atoms with Crippen molar-refractivity contribution < 1.29 is 19.5 Å².